The van der Waals surface area contributed by atoms with E-state index in [-0.39, 0.29) is 21.8 Å². The lowest BCUT2D eigenvalue weighted by Crippen LogP contribution is -2.34. The van der Waals surface area contributed by atoms with Gasteiger partial charge in [0.05, 0.1) is 23.4 Å². The monoisotopic (exact) mass is 362 g/mol. The predicted octanol–water partition coefficient (Wildman–Crippen LogP) is 2.04. The molecule has 25 heavy (non-hydrogen) atoms. The number of nitrogens with one attached hydrogen (secondary N) is 1. The summed E-state index contributed by atoms with van der Waals surface area (Å²) in [5.41, 5.74) is 6.04. The molecule has 0 atom stereocenters. The molecule has 0 aliphatic carbocycles. The topological polar surface area (TPSA) is 108 Å². The molecule has 0 fully saturated rings. The van der Waals surface area contributed by atoms with Gasteiger partial charge in [-0.15, -0.1) is 0 Å². The summed E-state index contributed by atoms with van der Waals surface area (Å²) in [6, 6.07) is 10.6. The highest BCUT2D eigenvalue weighted by molar-refractivity contribution is 6.33. The van der Waals surface area contributed by atoms with Gasteiger partial charge in [-0.25, -0.2) is 4.79 Å². The highest BCUT2D eigenvalue weighted by Crippen LogP contribution is 2.22. The molecule has 0 spiro atoms. The van der Waals surface area contributed by atoms with Crippen molar-refractivity contribution in [2.45, 2.75) is 0 Å². The van der Waals surface area contributed by atoms with Crippen LogP contribution in [0.5, 0.6) is 5.75 Å². The minimum absolute atomic E-state index is 0.0433. The van der Waals surface area contributed by atoms with Crippen LogP contribution in [0.1, 0.15) is 20.7 Å². The Kier molecular flexibility index (Phi) is 5.97. The highest BCUT2D eigenvalue weighted by atomic mass is 35.5. The first-order valence-corrected chi connectivity index (χ1v) is 7.49. The van der Waals surface area contributed by atoms with Crippen LogP contribution >= 0.6 is 11.6 Å². The number of para-hydroxylation sites is 1. The maximum Gasteiger partial charge on any atom is 0.340 e. The molecule has 7 nitrogen and oxygen atoms in total. The van der Waals surface area contributed by atoms with Crippen molar-refractivity contribution in [2.75, 3.05) is 19.5 Å². The summed E-state index contributed by atoms with van der Waals surface area (Å²) in [5.74, 6) is -1.62. The number of ether oxygens (including phenoxy) is 2. The molecule has 3 N–H and O–H groups in total. The zero-order valence-electron chi connectivity index (χ0n) is 13.2. The Balaban J connectivity index is 1.90. The van der Waals surface area contributed by atoms with Crippen LogP contribution in [0.2, 0.25) is 5.02 Å². The molecule has 8 heteroatoms. The number of hydrogen-bond acceptors (Lipinski definition) is 6. The molecule has 0 saturated heterocycles. The SMILES string of the molecule is COc1ccc(C(=O)NC(=O)COC(=O)c2cccc(Cl)c2N)cc1. The normalized spacial score (nSPS) is 10.0. The van der Waals surface area contributed by atoms with Gasteiger partial charge in [0, 0.05) is 5.56 Å². The lowest BCUT2D eigenvalue weighted by molar-refractivity contribution is -0.123. The second-order valence-corrected chi connectivity index (χ2v) is 5.29. The van der Waals surface area contributed by atoms with Gasteiger partial charge < -0.3 is 15.2 Å². The summed E-state index contributed by atoms with van der Waals surface area (Å²) in [7, 11) is 1.50. The van der Waals surface area contributed by atoms with Crippen molar-refractivity contribution in [1.82, 2.24) is 5.32 Å². The van der Waals surface area contributed by atoms with E-state index in [9.17, 15) is 14.4 Å². The van der Waals surface area contributed by atoms with Crippen LogP contribution in [-0.4, -0.2) is 31.5 Å². The summed E-state index contributed by atoms with van der Waals surface area (Å²) in [4.78, 5) is 35.6. The van der Waals surface area contributed by atoms with Gasteiger partial charge >= 0.3 is 5.97 Å². The lowest BCUT2D eigenvalue weighted by atomic mass is 10.2. The van der Waals surface area contributed by atoms with E-state index in [0.717, 1.165) is 0 Å². The van der Waals surface area contributed by atoms with E-state index in [1.54, 1.807) is 12.1 Å². The number of anilines is 1. The van der Waals surface area contributed by atoms with Crippen molar-refractivity contribution in [2.24, 2.45) is 0 Å². The average molecular weight is 363 g/mol. The minimum Gasteiger partial charge on any atom is -0.497 e. The fourth-order valence-electron chi connectivity index (χ4n) is 1.90. The molecule has 2 rings (SSSR count). The van der Waals surface area contributed by atoms with Crippen LogP contribution in [0, 0.1) is 0 Å². The van der Waals surface area contributed by atoms with Crippen molar-refractivity contribution >= 4 is 35.1 Å². The largest absolute Gasteiger partial charge is 0.497 e. The molecule has 2 aromatic carbocycles. The van der Waals surface area contributed by atoms with E-state index in [2.05, 4.69) is 5.32 Å². The molecule has 0 aliphatic heterocycles. The quantitative estimate of drug-likeness (QED) is 0.622. The fraction of sp³-hybridized carbons (Fsp3) is 0.118. The van der Waals surface area contributed by atoms with Gasteiger partial charge in [-0.05, 0) is 36.4 Å². The average Bonchev–Trinajstić information content (AvgIpc) is 2.62. The molecular weight excluding hydrogens is 348 g/mol. The first-order valence-electron chi connectivity index (χ1n) is 7.11. The number of benzene rings is 2. The van der Waals surface area contributed by atoms with Gasteiger partial charge in [0.25, 0.3) is 11.8 Å². The third-order valence-electron chi connectivity index (χ3n) is 3.21. The number of hydrogen-bond donors (Lipinski definition) is 2. The van der Waals surface area contributed by atoms with E-state index in [0.29, 0.717) is 5.75 Å². The summed E-state index contributed by atoms with van der Waals surface area (Å²) < 4.78 is 9.82. The van der Waals surface area contributed by atoms with Crippen molar-refractivity contribution in [3.05, 3.63) is 58.6 Å². The van der Waals surface area contributed by atoms with E-state index in [1.165, 1.54) is 37.4 Å². The molecule has 0 aromatic heterocycles. The van der Waals surface area contributed by atoms with E-state index in [4.69, 9.17) is 26.8 Å². The van der Waals surface area contributed by atoms with Gasteiger partial charge in [0.15, 0.2) is 6.61 Å². The van der Waals surface area contributed by atoms with Gasteiger partial charge in [-0.3, -0.25) is 14.9 Å². The number of nitrogens with two attached hydrogens (primary N) is 1. The number of methoxy groups -OCH3 is 1. The predicted molar refractivity (Wildman–Crippen MR) is 91.6 cm³/mol. The minimum atomic E-state index is -0.813. The first kappa shape index (κ1) is 18.3. The van der Waals surface area contributed by atoms with Crippen LogP contribution in [0.15, 0.2) is 42.5 Å². The van der Waals surface area contributed by atoms with Crippen LogP contribution in [0.3, 0.4) is 0 Å². The number of amides is 2. The third-order valence-corrected chi connectivity index (χ3v) is 3.54. The Labute approximate surface area is 148 Å². The smallest absolute Gasteiger partial charge is 0.340 e. The van der Waals surface area contributed by atoms with Crippen molar-refractivity contribution < 1.29 is 23.9 Å². The van der Waals surface area contributed by atoms with Crippen LogP contribution in [-0.2, 0) is 9.53 Å². The summed E-state index contributed by atoms with van der Waals surface area (Å²) >= 11 is 5.81. The number of rotatable bonds is 5. The number of imide groups is 1. The number of nitrogen functional groups attached to an aromatic ring is 1. The molecule has 0 heterocycles. The number of halogens is 1. The molecule has 0 aliphatic rings. The van der Waals surface area contributed by atoms with Gasteiger partial charge in [0.2, 0.25) is 0 Å². The Morgan fingerprint density at radius 1 is 1.12 bits per heavy atom. The molecule has 2 amide bonds. The van der Waals surface area contributed by atoms with Gasteiger partial charge in [-0.1, -0.05) is 17.7 Å². The maximum atomic E-state index is 11.9. The first-order chi connectivity index (χ1) is 11.9. The Morgan fingerprint density at radius 3 is 2.44 bits per heavy atom. The van der Waals surface area contributed by atoms with E-state index < -0.39 is 24.4 Å². The second kappa shape index (κ2) is 8.16. The van der Waals surface area contributed by atoms with Crippen molar-refractivity contribution in [3.8, 4) is 5.75 Å². The zero-order chi connectivity index (χ0) is 18.4. The fourth-order valence-corrected chi connectivity index (χ4v) is 2.08. The molecular formula is C17H15ClN2O5. The maximum absolute atomic E-state index is 11.9. The van der Waals surface area contributed by atoms with Crippen LogP contribution in [0.4, 0.5) is 5.69 Å². The number of carbonyl (C=O) groups excluding carboxylic acids is 3. The van der Waals surface area contributed by atoms with Crippen LogP contribution in [0.25, 0.3) is 0 Å². The van der Waals surface area contributed by atoms with Gasteiger partial charge in [-0.2, -0.15) is 0 Å². The number of esters is 1. The molecule has 0 saturated carbocycles. The lowest BCUT2D eigenvalue weighted by Gasteiger charge is -2.08. The molecule has 0 bridgehead atoms. The van der Waals surface area contributed by atoms with Crippen LogP contribution < -0.4 is 15.8 Å². The third kappa shape index (κ3) is 4.71. The highest BCUT2D eigenvalue weighted by Gasteiger charge is 2.16. The van der Waals surface area contributed by atoms with Crippen molar-refractivity contribution in [3.63, 3.8) is 0 Å². The molecule has 130 valence electrons. The number of carbonyl (C=O) groups is 3. The molecule has 0 radical (unpaired) electrons. The van der Waals surface area contributed by atoms with E-state index in [1.807, 2.05) is 0 Å². The Hall–Kier alpha value is -3.06. The molecule has 0 unspecified atom stereocenters. The standard InChI is InChI=1S/C17H15ClN2O5/c1-24-11-7-5-10(6-8-11)16(22)20-14(21)9-25-17(23)12-3-2-4-13(18)15(12)19/h2-8H,9,19H2,1H3,(H,20,21,22). The summed E-state index contributed by atoms with van der Waals surface area (Å²) in [5, 5.41) is 2.32. The van der Waals surface area contributed by atoms with Gasteiger partial charge in [0.1, 0.15) is 5.75 Å². The second-order valence-electron chi connectivity index (χ2n) is 4.88. The summed E-state index contributed by atoms with van der Waals surface area (Å²) in [6.45, 7) is -0.632. The van der Waals surface area contributed by atoms with Crippen molar-refractivity contribution in [1.29, 1.82) is 0 Å². The Morgan fingerprint density at radius 2 is 1.80 bits per heavy atom. The zero-order valence-corrected chi connectivity index (χ0v) is 14.0. The summed E-state index contributed by atoms with van der Waals surface area (Å²) in [6.07, 6.45) is 0. The molecule has 2 aromatic rings. The Bertz CT molecular complexity index is 805. The van der Waals surface area contributed by atoms with E-state index >= 15 is 0 Å².